The maximum absolute atomic E-state index is 10.6. The molecule has 2 atom stereocenters. The zero-order valence-electron chi connectivity index (χ0n) is 7.80. The highest BCUT2D eigenvalue weighted by Gasteiger charge is 2.23. The van der Waals surface area contributed by atoms with Gasteiger partial charge in [-0.05, 0) is 6.42 Å². The fourth-order valence-electron chi connectivity index (χ4n) is 1.14. The number of aliphatic hydroxyl groups is 1. The highest BCUT2D eigenvalue weighted by Crippen LogP contribution is 2.16. The van der Waals surface area contributed by atoms with Gasteiger partial charge in [-0.1, -0.05) is 6.92 Å². The average Bonchev–Trinajstić information content (AvgIpc) is 2.65. The van der Waals surface area contributed by atoms with Crippen molar-refractivity contribution in [2.75, 3.05) is 0 Å². The van der Waals surface area contributed by atoms with Gasteiger partial charge in [-0.3, -0.25) is 4.79 Å². The van der Waals surface area contributed by atoms with Gasteiger partial charge in [-0.25, -0.2) is 4.98 Å². The van der Waals surface area contributed by atoms with E-state index in [4.69, 9.17) is 12.3 Å². The van der Waals surface area contributed by atoms with E-state index in [0.29, 0.717) is 6.42 Å². The number of aromatic nitrogens is 1. The second-order valence-corrected chi connectivity index (χ2v) is 2.84. The predicted octanol–water partition coefficient (Wildman–Crippen LogP) is 0.365. The minimum atomic E-state index is -0.970. The first kappa shape index (κ1) is 10.8. The van der Waals surface area contributed by atoms with Gasteiger partial charge in [-0.15, -0.1) is 0 Å². The van der Waals surface area contributed by atoms with Crippen LogP contribution in [0.5, 0.6) is 0 Å². The fraction of sp³-hybridized carbons (Fsp3) is 0.500. The number of nitrogens with one attached hydrogen (secondary N) is 1. The molecule has 0 aromatic carbocycles. The molecule has 0 aliphatic rings. The van der Waals surface area contributed by atoms with Gasteiger partial charge in [0, 0.05) is 0 Å². The van der Waals surface area contributed by atoms with Crippen LogP contribution in [-0.2, 0) is 0 Å². The minimum absolute atomic E-state index is 0.172. The van der Waals surface area contributed by atoms with E-state index in [1.54, 1.807) is 0 Å². The lowest BCUT2D eigenvalue weighted by molar-refractivity contribution is 0.102. The van der Waals surface area contributed by atoms with Crippen LogP contribution in [0.4, 0.5) is 4.79 Å². The van der Waals surface area contributed by atoms with Gasteiger partial charge in [0.2, 0.25) is 13.7 Å². The summed E-state index contributed by atoms with van der Waals surface area (Å²) in [5, 5.41) is 12.1. The summed E-state index contributed by atoms with van der Waals surface area (Å²) in [6.45, 7) is 1.81. The third kappa shape index (κ3) is 2.60. The van der Waals surface area contributed by atoms with Gasteiger partial charge in [0.05, 0.1) is 12.2 Å². The number of amides is 1. The van der Waals surface area contributed by atoms with Gasteiger partial charge in [-0.2, -0.15) is 0 Å². The molecule has 1 aromatic heterocycles. The second-order valence-electron chi connectivity index (χ2n) is 2.84. The van der Waals surface area contributed by atoms with Crippen molar-refractivity contribution >= 4 is 13.7 Å². The molecule has 5 nitrogen and oxygen atoms in total. The van der Waals surface area contributed by atoms with Crippen LogP contribution in [0, 0.1) is 0 Å². The Balaban J connectivity index is 2.65. The van der Waals surface area contributed by atoms with Crippen molar-refractivity contribution in [3.05, 3.63) is 18.4 Å². The van der Waals surface area contributed by atoms with Crippen molar-refractivity contribution in [3.63, 3.8) is 0 Å². The maximum atomic E-state index is 10.6. The molecule has 6 heteroatoms. The Morgan fingerprint density at radius 2 is 2.57 bits per heavy atom. The van der Waals surface area contributed by atoms with Crippen molar-refractivity contribution < 1.29 is 14.3 Å². The molecular formula is C8H11BN2O3. The number of carbonyl (C=O) groups excluding carboxylic acids is 1. The van der Waals surface area contributed by atoms with Crippen LogP contribution < -0.4 is 5.32 Å². The van der Waals surface area contributed by atoms with Crippen molar-refractivity contribution in [2.24, 2.45) is 0 Å². The molecule has 0 saturated heterocycles. The molecule has 0 fully saturated rings. The van der Waals surface area contributed by atoms with Crippen LogP contribution in [0.2, 0.25) is 0 Å². The van der Waals surface area contributed by atoms with Crippen LogP contribution >= 0.6 is 0 Å². The molecule has 0 aliphatic carbocycles. The topological polar surface area (TPSA) is 75.4 Å². The quantitative estimate of drug-likeness (QED) is 0.678. The summed E-state index contributed by atoms with van der Waals surface area (Å²) in [5.41, 5.74) is 0. The Bertz CT molecular complexity index is 289. The number of carbonyl (C=O) groups is 1. The molecule has 14 heavy (non-hydrogen) atoms. The maximum Gasteiger partial charge on any atom is 0.224 e. The first-order valence-electron chi connectivity index (χ1n) is 4.28. The van der Waals surface area contributed by atoms with Crippen molar-refractivity contribution in [2.45, 2.75) is 25.5 Å². The highest BCUT2D eigenvalue weighted by atomic mass is 16.4. The molecule has 74 valence electrons. The lowest BCUT2D eigenvalue weighted by Gasteiger charge is -2.19. The number of hydrogen-bond donors (Lipinski definition) is 2. The SMILES string of the molecule is [B]C(=O)N[C@@H](CC)C(O)c1ncco1. The molecule has 1 unspecified atom stereocenters. The Morgan fingerprint density at radius 1 is 1.86 bits per heavy atom. The van der Waals surface area contributed by atoms with E-state index in [1.807, 2.05) is 6.92 Å². The molecule has 2 N–H and O–H groups in total. The van der Waals surface area contributed by atoms with E-state index >= 15 is 0 Å². The lowest BCUT2D eigenvalue weighted by Crippen LogP contribution is -2.38. The van der Waals surface area contributed by atoms with Crippen molar-refractivity contribution in [3.8, 4) is 0 Å². The predicted molar refractivity (Wildman–Crippen MR) is 49.8 cm³/mol. The molecule has 0 aliphatic heterocycles. The van der Waals surface area contributed by atoms with Gasteiger partial charge in [0.25, 0.3) is 0 Å². The van der Waals surface area contributed by atoms with Gasteiger partial charge in [0.15, 0.2) is 5.81 Å². The first-order chi connectivity index (χ1) is 6.65. The number of hydrogen-bond acceptors (Lipinski definition) is 4. The summed E-state index contributed by atoms with van der Waals surface area (Å²) in [4.78, 5) is 14.4. The molecule has 0 bridgehead atoms. The third-order valence-corrected chi connectivity index (χ3v) is 1.85. The van der Waals surface area contributed by atoms with E-state index in [-0.39, 0.29) is 5.89 Å². The van der Waals surface area contributed by atoms with Crippen LogP contribution in [0.15, 0.2) is 16.9 Å². The molecule has 0 spiro atoms. The van der Waals surface area contributed by atoms with Crippen molar-refractivity contribution in [1.29, 1.82) is 0 Å². The second kappa shape index (κ2) is 4.81. The average molecular weight is 194 g/mol. The Morgan fingerprint density at radius 3 is 3.00 bits per heavy atom. The van der Waals surface area contributed by atoms with Gasteiger partial charge in [0.1, 0.15) is 12.4 Å². The molecular weight excluding hydrogens is 183 g/mol. The highest BCUT2D eigenvalue weighted by molar-refractivity contribution is 6.57. The Kier molecular flexibility index (Phi) is 3.70. The summed E-state index contributed by atoms with van der Waals surface area (Å²) in [5.74, 6) is -0.506. The molecule has 1 heterocycles. The zero-order chi connectivity index (χ0) is 10.6. The number of oxazole rings is 1. The van der Waals surface area contributed by atoms with Gasteiger partial charge < -0.3 is 14.8 Å². The zero-order valence-corrected chi connectivity index (χ0v) is 7.80. The van der Waals surface area contributed by atoms with Crippen LogP contribution in [0.1, 0.15) is 25.3 Å². The first-order valence-corrected chi connectivity index (χ1v) is 4.28. The summed E-state index contributed by atoms with van der Waals surface area (Å²) < 4.78 is 4.91. The number of nitrogens with zero attached hydrogens (tertiary/aromatic N) is 1. The monoisotopic (exact) mass is 194 g/mol. The van der Waals surface area contributed by atoms with Crippen molar-refractivity contribution in [1.82, 2.24) is 10.3 Å². The molecule has 2 radical (unpaired) electrons. The van der Waals surface area contributed by atoms with E-state index in [9.17, 15) is 9.90 Å². The van der Waals surface area contributed by atoms with E-state index < -0.39 is 18.0 Å². The smallest absolute Gasteiger partial charge is 0.224 e. The minimum Gasteiger partial charge on any atom is -0.446 e. The number of rotatable bonds is 4. The van der Waals surface area contributed by atoms with E-state index in [2.05, 4.69) is 10.3 Å². The van der Waals surface area contributed by atoms with Crippen LogP contribution in [0.3, 0.4) is 0 Å². The Hall–Kier alpha value is -1.30. The standard InChI is InChI=1S/C8H11BN2O3/c1-2-5(11-8(9)13)6(12)7-10-3-4-14-7/h3-6,12H,2H2,1H3,(H,11,13)/t5-,6?/m0/s1. The van der Waals surface area contributed by atoms with Crippen LogP contribution in [-0.4, -0.2) is 29.8 Å². The molecule has 0 saturated carbocycles. The summed E-state index contributed by atoms with van der Waals surface area (Å²) in [6, 6.07) is -0.480. The normalized spacial score (nSPS) is 14.7. The lowest BCUT2D eigenvalue weighted by atomic mass is 10.0. The fourth-order valence-corrected chi connectivity index (χ4v) is 1.14. The molecule has 1 rings (SSSR count). The summed E-state index contributed by atoms with van der Waals surface area (Å²) in [6.07, 6.45) is 2.35. The van der Waals surface area contributed by atoms with Gasteiger partial charge >= 0.3 is 0 Å². The number of aliphatic hydroxyl groups excluding tert-OH is 1. The largest absolute Gasteiger partial charge is 0.446 e. The molecule has 1 amide bonds. The summed E-state index contributed by atoms with van der Waals surface area (Å²) >= 11 is 0. The Labute approximate surface area is 82.9 Å². The summed E-state index contributed by atoms with van der Waals surface area (Å²) in [7, 11) is 4.95. The third-order valence-electron chi connectivity index (χ3n) is 1.85. The van der Waals surface area contributed by atoms with E-state index in [1.165, 1.54) is 12.5 Å². The van der Waals surface area contributed by atoms with E-state index in [0.717, 1.165) is 0 Å². The molecule has 1 aromatic rings. The van der Waals surface area contributed by atoms with Crippen LogP contribution in [0.25, 0.3) is 0 Å².